The van der Waals surface area contributed by atoms with Gasteiger partial charge in [0, 0.05) is 12.1 Å². The average Bonchev–Trinajstić information content (AvgIpc) is 3.01. The van der Waals surface area contributed by atoms with Gasteiger partial charge in [-0.2, -0.15) is 5.10 Å². The van der Waals surface area contributed by atoms with Gasteiger partial charge < -0.3 is 5.32 Å². The third-order valence-corrected chi connectivity index (χ3v) is 5.40. The molecule has 2 atom stereocenters. The smallest absolute Gasteiger partial charge is 0.244 e. The molecule has 0 amide bonds. The van der Waals surface area contributed by atoms with Gasteiger partial charge >= 0.3 is 0 Å². The molecule has 2 aromatic rings. The van der Waals surface area contributed by atoms with Crippen LogP contribution < -0.4 is 10.0 Å². The highest BCUT2D eigenvalue weighted by Gasteiger charge is 2.27. The Kier molecular flexibility index (Phi) is 5.80. The molecule has 2 unspecified atom stereocenters. The van der Waals surface area contributed by atoms with E-state index in [4.69, 9.17) is 0 Å². The van der Waals surface area contributed by atoms with Crippen molar-refractivity contribution in [3.63, 3.8) is 0 Å². The number of hydrogen-bond acceptors (Lipinski definition) is 4. The maximum Gasteiger partial charge on any atom is 0.244 e. The van der Waals surface area contributed by atoms with Gasteiger partial charge in [0.15, 0.2) is 0 Å². The van der Waals surface area contributed by atoms with Gasteiger partial charge in [-0.05, 0) is 38.4 Å². The van der Waals surface area contributed by atoms with Crippen LogP contribution in [-0.2, 0) is 10.0 Å². The van der Waals surface area contributed by atoms with E-state index in [-0.39, 0.29) is 29.4 Å². The zero-order chi connectivity index (χ0) is 15.6. The lowest BCUT2D eigenvalue weighted by Gasteiger charge is -2.30. The number of aromatic nitrogens is 2. The summed E-state index contributed by atoms with van der Waals surface area (Å²) in [6, 6.07) is 9.49. The Bertz CT molecular complexity index is 733. The predicted octanol–water partition coefficient (Wildman–Crippen LogP) is 1.71. The Hall–Kier alpha value is -1.41. The van der Waals surface area contributed by atoms with Gasteiger partial charge in [-0.25, -0.2) is 17.8 Å². The van der Waals surface area contributed by atoms with Gasteiger partial charge in [0.25, 0.3) is 0 Å². The van der Waals surface area contributed by atoms with Gasteiger partial charge in [0.1, 0.15) is 4.90 Å². The highest BCUT2D eigenvalue weighted by atomic mass is 35.5. The van der Waals surface area contributed by atoms with Crippen LogP contribution in [0.5, 0.6) is 0 Å². The van der Waals surface area contributed by atoms with Crippen molar-refractivity contribution < 1.29 is 8.42 Å². The number of para-hydroxylation sites is 1. The minimum atomic E-state index is -3.55. The van der Waals surface area contributed by atoms with Crippen molar-refractivity contribution in [3.8, 4) is 5.69 Å². The molecule has 6 nitrogen and oxygen atoms in total. The summed E-state index contributed by atoms with van der Waals surface area (Å²) in [5, 5.41) is 7.44. The van der Waals surface area contributed by atoms with Crippen LogP contribution in [0.1, 0.15) is 19.8 Å². The van der Waals surface area contributed by atoms with Crippen LogP contribution in [0.4, 0.5) is 0 Å². The first-order valence-electron chi connectivity index (χ1n) is 7.42. The van der Waals surface area contributed by atoms with Crippen LogP contribution in [0.3, 0.4) is 0 Å². The first-order chi connectivity index (χ1) is 10.6. The number of halogens is 1. The normalized spacial score (nSPS) is 21.6. The molecule has 0 saturated carbocycles. The second-order valence-corrected chi connectivity index (χ2v) is 7.28. The van der Waals surface area contributed by atoms with E-state index >= 15 is 0 Å². The third kappa shape index (κ3) is 4.11. The third-order valence-electron chi connectivity index (χ3n) is 3.96. The molecule has 1 aromatic heterocycles. The van der Waals surface area contributed by atoms with Crippen molar-refractivity contribution in [1.82, 2.24) is 19.8 Å². The molecular weight excluding hydrogens is 336 g/mol. The Labute approximate surface area is 142 Å². The quantitative estimate of drug-likeness (QED) is 0.874. The van der Waals surface area contributed by atoms with E-state index < -0.39 is 10.0 Å². The number of sulfonamides is 1. The summed E-state index contributed by atoms with van der Waals surface area (Å²) in [6.45, 7) is 2.94. The topological polar surface area (TPSA) is 76.0 Å². The Morgan fingerprint density at radius 1 is 1.30 bits per heavy atom. The molecule has 1 aliphatic heterocycles. The minimum absolute atomic E-state index is 0. The second-order valence-electron chi connectivity index (χ2n) is 5.57. The van der Waals surface area contributed by atoms with Crippen molar-refractivity contribution in [2.24, 2.45) is 0 Å². The minimum Gasteiger partial charge on any atom is -0.313 e. The summed E-state index contributed by atoms with van der Waals surface area (Å²) < 4.78 is 29.3. The number of rotatable bonds is 4. The van der Waals surface area contributed by atoms with Gasteiger partial charge in [-0.15, -0.1) is 12.4 Å². The van der Waals surface area contributed by atoms with Gasteiger partial charge in [0.2, 0.25) is 10.0 Å². The first kappa shape index (κ1) is 17.9. The maximum atomic E-state index is 12.5. The highest BCUT2D eigenvalue weighted by Crippen LogP contribution is 2.15. The fourth-order valence-corrected chi connectivity index (χ4v) is 3.92. The molecule has 0 bridgehead atoms. The summed E-state index contributed by atoms with van der Waals surface area (Å²) in [5.74, 6) is 0. The molecule has 1 fully saturated rings. The Morgan fingerprint density at radius 3 is 2.74 bits per heavy atom. The van der Waals surface area contributed by atoms with Crippen molar-refractivity contribution in [2.45, 2.75) is 36.7 Å². The van der Waals surface area contributed by atoms with E-state index in [1.807, 2.05) is 37.3 Å². The maximum absolute atomic E-state index is 12.5. The van der Waals surface area contributed by atoms with Crippen LogP contribution in [0.25, 0.3) is 5.69 Å². The molecule has 0 radical (unpaired) electrons. The van der Waals surface area contributed by atoms with Gasteiger partial charge in [-0.3, -0.25) is 0 Å². The van der Waals surface area contributed by atoms with E-state index in [9.17, 15) is 8.42 Å². The zero-order valence-electron chi connectivity index (χ0n) is 12.8. The van der Waals surface area contributed by atoms with E-state index in [1.54, 1.807) is 10.9 Å². The number of piperidine rings is 1. The Balaban J connectivity index is 0.00000192. The van der Waals surface area contributed by atoms with E-state index in [1.165, 1.54) is 6.20 Å². The van der Waals surface area contributed by atoms with Crippen LogP contribution in [0, 0.1) is 0 Å². The Morgan fingerprint density at radius 2 is 2.04 bits per heavy atom. The van der Waals surface area contributed by atoms with Crippen LogP contribution in [-0.4, -0.2) is 36.8 Å². The standard InChI is InChI=1S/C15H20N4O2S.ClH/c1-12-15(8-5-9-16-12)18-22(20,21)14-10-17-19(11-14)13-6-3-2-4-7-13;/h2-4,6-7,10-12,15-16,18H,5,8-9H2,1H3;1H. The lowest BCUT2D eigenvalue weighted by Crippen LogP contribution is -2.51. The number of benzene rings is 1. The fraction of sp³-hybridized carbons (Fsp3) is 0.400. The van der Waals surface area contributed by atoms with Crippen molar-refractivity contribution in [1.29, 1.82) is 0 Å². The number of nitrogens with one attached hydrogen (secondary N) is 2. The lowest BCUT2D eigenvalue weighted by atomic mass is 10.0. The highest BCUT2D eigenvalue weighted by molar-refractivity contribution is 7.89. The monoisotopic (exact) mass is 356 g/mol. The second kappa shape index (κ2) is 7.44. The molecule has 0 spiro atoms. The van der Waals surface area contributed by atoms with E-state index in [0.717, 1.165) is 25.1 Å². The zero-order valence-corrected chi connectivity index (χ0v) is 14.5. The van der Waals surface area contributed by atoms with Crippen LogP contribution >= 0.6 is 12.4 Å². The van der Waals surface area contributed by atoms with Gasteiger partial charge in [0.05, 0.1) is 18.1 Å². The summed E-state index contributed by atoms with van der Waals surface area (Å²) in [4.78, 5) is 0.189. The van der Waals surface area contributed by atoms with E-state index in [0.29, 0.717) is 0 Å². The number of nitrogens with zero attached hydrogens (tertiary/aromatic N) is 2. The molecule has 8 heteroatoms. The first-order valence-corrected chi connectivity index (χ1v) is 8.90. The van der Waals surface area contributed by atoms with Crippen LogP contribution in [0.2, 0.25) is 0 Å². The van der Waals surface area contributed by atoms with Gasteiger partial charge in [-0.1, -0.05) is 18.2 Å². The van der Waals surface area contributed by atoms with Crippen molar-refractivity contribution in [3.05, 3.63) is 42.7 Å². The molecule has 2 heterocycles. The molecular formula is C15H21ClN4O2S. The summed E-state index contributed by atoms with van der Waals surface area (Å²) >= 11 is 0. The average molecular weight is 357 g/mol. The molecule has 2 N–H and O–H groups in total. The molecule has 1 saturated heterocycles. The molecule has 0 aliphatic carbocycles. The van der Waals surface area contributed by atoms with E-state index in [2.05, 4.69) is 15.1 Å². The molecule has 1 aliphatic rings. The molecule has 126 valence electrons. The molecule has 23 heavy (non-hydrogen) atoms. The fourth-order valence-electron chi connectivity index (χ4n) is 2.64. The number of hydrogen-bond donors (Lipinski definition) is 2. The molecule has 3 rings (SSSR count). The summed E-state index contributed by atoms with van der Waals surface area (Å²) in [5.41, 5.74) is 0.830. The van der Waals surface area contributed by atoms with Crippen LogP contribution in [0.15, 0.2) is 47.6 Å². The lowest BCUT2D eigenvalue weighted by molar-refractivity contribution is 0.349. The predicted molar refractivity (Wildman–Crippen MR) is 91.6 cm³/mol. The summed E-state index contributed by atoms with van der Waals surface area (Å²) in [6.07, 6.45) is 4.75. The summed E-state index contributed by atoms with van der Waals surface area (Å²) in [7, 11) is -3.55. The SMILES string of the molecule is CC1NCCCC1NS(=O)(=O)c1cnn(-c2ccccc2)c1.Cl. The van der Waals surface area contributed by atoms with Crippen molar-refractivity contribution in [2.75, 3.05) is 6.54 Å². The molecule has 1 aromatic carbocycles. The van der Waals surface area contributed by atoms with Crippen molar-refractivity contribution >= 4 is 22.4 Å². The largest absolute Gasteiger partial charge is 0.313 e.